The average molecular weight is 360 g/mol. The second kappa shape index (κ2) is 7.80. The molecule has 0 N–H and O–H groups in total. The molecule has 0 bridgehead atoms. The first-order valence-corrected chi connectivity index (χ1v) is 8.39. The van der Waals surface area contributed by atoms with Gasteiger partial charge in [-0.2, -0.15) is 0 Å². The Bertz CT molecular complexity index is 845. The molecule has 0 unspecified atom stereocenters. The number of furan rings is 1. The number of benzene rings is 1. The van der Waals surface area contributed by atoms with Crippen LogP contribution in [0.15, 0.2) is 40.1 Å². The van der Waals surface area contributed by atoms with Gasteiger partial charge in [0.15, 0.2) is 23.0 Å². The molecule has 3 aromatic rings. The number of carbonyl (C=O) groups is 1. The molecule has 0 radical (unpaired) electrons. The Labute approximate surface area is 148 Å². The highest BCUT2D eigenvalue weighted by atomic mass is 32.1. The fourth-order valence-electron chi connectivity index (χ4n) is 2.20. The summed E-state index contributed by atoms with van der Waals surface area (Å²) in [5, 5.41) is 5.69. The van der Waals surface area contributed by atoms with Gasteiger partial charge in [0.1, 0.15) is 17.9 Å². The van der Waals surface area contributed by atoms with Gasteiger partial charge in [-0.25, -0.2) is 4.79 Å². The summed E-state index contributed by atoms with van der Waals surface area (Å²) in [6, 6.07) is 8.83. The van der Waals surface area contributed by atoms with Crippen molar-refractivity contribution in [1.82, 2.24) is 9.59 Å². The average Bonchev–Trinajstić information content (AvgIpc) is 3.30. The van der Waals surface area contributed by atoms with E-state index in [1.54, 1.807) is 37.6 Å². The molecule has 0 amide bonds. The number of esters is 1. The number of nitrogens with zero attached hydrogens (tertiary/aromatic N) is 2. The Kier molecular flexibility index (Phi) is 5.30. The smallest absolute Gasteiger partial charge is 0.341 e. The zero-order valence-electron chi connectivity index (χ0n) is 13.7. The van der Waals surface area contributed by atoms with Crippen LogP contribution < -0.4 is 9.47 Å². The van der Waals surface area contributed by atoms with Crippen LogP contribution in [0, 0.1) is 0 Å². The number of aromatic nitrogens is 2. The summed E-state index contributed by atoms with van der Waals surface area (Å²) in [5.74, 6) is 1.46. The SMILES string of the molecule is CCOC(=O)c1cc(-c2csnn2)oc1COc1ccccc1OC. The van der Waals surface area contributed by atoms with Gasteiger partial charge in [0.2, 0.25) is 0 Å². The van der Waals surface area contributed by atoms with Crippen LogP contribution in [0.25, 0.3) is 11.5 Å². The fraction of sp³-hybridized carbons (Fsp3) is 0.235. The zero-order chi connectivity index (χ0) is 17.6. The summed E-state index contributed by atoms with van der Waals surface area (Å²) in [7, 11) is 1.56. The largest absolute Gasteiger partial charge is 0.493 e. The van der Waals surface area contributed by atoms with E-state index in [0.717, 1.165) is 0 Å². The summed E-state index contributed by atoms with van der Waals surface area (Å²) >= 11 is 1.20. The van der Waals surface area contributed by atoms with Gasteiger partial charge in [0.25, 0.3) is 0 Å². The summed E-state index contributed by atoms with van der Waals surface area (Å²) in [5.41, 5.74) is 0.860. The number of rotatable bonds is 7. The van der Waals surface area contributed by atoms with Gasteiger partial charge in [-0.05, 0) is 30.6 Å². The Morgan fingerprint density at radius 1 is 1.28 bits per heavy atom. The van der Waals surface area contributed by atoms with E-state index in [4.69, 9.17) is 18.6 Å². The Morgan fingerprint density at radius 3 is 2.76 bits per heavy atom. The molecule has 0 aliphatic heterocycles. The number of hydrogen-bond acceptors (Lipinski definition) is 8. The maximum atomic E-state index is 12.2. The van der Waals surface area contributed by atoms with Crippen LogP contribution >= 0.6 is 11.5 Å². The maximum Gasteiger partial charge on any atom is 0.341 e. The number of para-hydroxylation sites is 2. The van der Waals surface area contributed by atoms with E-state index < -0.39 is 5.97 Å². The van der Waals surface area contributed by atoms with Crippen LogP contribution in [0.2, 0.25) is 0 Å². The summed E-state index contributed by atoms with van der Waals surface area (Å²) in [6.45, 7) is 2.06. The summed E-state index contributed by atoms with van der Waals surface area (Å²) in [4.78, 5) is 12.2. The lowest BCUT2D eigenvalue weighted by molar-refractivity contribution is 0.0521. The monoisotopic (exact) mass is 360 g/mol. The molecule has 1 aromatic carbocycles. The maximum absolute atomic E-state index is 12.2. The first kappa shape index (κ1) is 17.0. The quantitative estimate of drug-likeness (QED) is 0.596. The lowest BCUT2D eigenvalue weighted by Crippen LogP contribution is -2.07. The minimum Gasteiger partial charge on any atom is -0.493 e. The molecule has 7 nitrogen and oxygen atoms in total. The molecular weight excluding hydrogens is 344 g/mol. The van der Waals surface area contributed by atoms with Crippen molar-refractivity contribution in [2.45, 2.75) is 13.5 Å². The molecule has 0 atom stereocenters. The molecule has 0 fully saturated rings. The van der Waals surface area contributed by atoms with E-state index in [-0.39, 0.29) is 13.2 Å². The highest BCUT2D eigenvalue weighted by molar-refractivity contribution is 7.03. The number of carbonyl (C=O) groups excluding carboxylic acids is 1. The van der Waals surface area contributed by atoms with Gasteiger partial charge in [0, 0.05) is 11.4 Å². The van der Waals surface area contributed by atoms with Crippen LogP contribution in [0.1, 0.15) is 23.0 Å². The van der Waals surface area contributed by atoms with Crippen molar-refractivity contribution in [3.8, 4) is 23.0 Å². The van der Waals surface area contributed by atoms with Crippen LogP contribution in [0.4, 0.5) is 0 Å². The van der Waals surface area contributed by atoms with E-state index >= 15 is 0 Å². The van der Waals surface area contributed by atoms with Crippen LogP contribution in [0.3, 0.4) is 0 Å². The molecule has 2 aromatic heterocycles. The molecule has 0 aliphatic carbocycles. The van der Waals surface area contributed by atoms with Gasteiger partial charge in [-0.15, -0.1) is 5.10 Å². The minimum absolute atomic E-state index is 0.0477. The second-order valence-corrected chi connectivity index (χ2v) is 5.51. The van der Waals surface area contributed by atoms with Crippen LogP contribution in [-0.4, -0.2) is 29.3 Å². The number of methoxy groups -OCH3 is 1. The van der Waals surface area contributed by atoms with Gasteiger partial charge in [-0.3, -0.25) is 0 Å². The Hall–Kier alpha value is -2.87. The Balaban J connectivity index is 1.87. The molecule has 2 heterocycles. The molecule has 0 spiro atoms. The fourth-order valence-corrected chi connectivity index (χ4v) is 2.64. The predicted octanol–water partition coefficient (Wildman–Crippen LogP) is 3.56. The molecule has 3 rings (SSSR count). The molecule has 8 heteroatoms. The van der Waals surface area contributed by atoms with Crippen molar-refractivity contribution in [3.05, 3.63) is 47.0 Å². The molecule has 0 saturated carbocycles. The summed E-state index contributed by atoms with van der Waals surface area (Å²) in [6.07, 6.45) is 0. The van der Waals surface area contributed by atoms with Crippen molar-refractivity contribution in [3.63, 3.8) is 0 Å². The standard InChI is InChI=1S/C17H16N2O5S/c1-3-22-17(20)11-8-15(12-10-25-19-18-12)24-16(11)9-23-14-7-5-4-6-13(14)21-2/h4-8,10H,3,9H2,1-2H3. The lowest BCUT2D eigenvalue weighted by atomic mass is 10.2. The van der Waals surface area contributed by atoms with Crippen molar-refractivity contribution in [2.24, 2.45) is 0 Å². The van der Waals surface area contributed by atoms with Crippen molar-refractivity contribution >= 4 is 17.5 Å². The highest BCUT2D eigenvalue weighted by Crippen LogP contribution is 2.30. The molecule has 25 heavy (non-hydrogen) atoms. The van der Waals surface area contributed by atoms with E-state index in [1.165, 1.54) is 11.5 Å². The third-order valence-electron chi connectivity index (χ3n) is 3.34. The number of hydrogen-bond donors (Lipinski definition) is 0. The molecular formula is C17H16N2O5S. The first-order valence-electron chi connectivity index (χ1n) is 7.56. The van der Waals surface area contributed by atoms with Crippen LogP contribution in [-0.2, 0) is 11.3 Å². The highest BCUT2D eigenvalue weighted by Gasteiger charge is 2.21. The van der Waals surface area contributed by atoms with Gasteiger partial charge in [-0.1, -0.05) is 16.6 Å². The molecule has 130 valence electrons. The van der Waals surface area contributed by atoms with E-state index in [2.05, 4.69) is 9.59 Å². The number of ether oxygens (including phenoxy) is 3. The first-order chi connectivity index (χ1) is 12.2. The van der Waals surface area contributed by atoms with Crippen molar-refractivity contribution < 1.29 is 23.4 Å². The van der Waals surface area contributed by atoms with Gasteiger partial charge >= 0.3 is 5.97 Å². The van der Waals surface area contributed by atoms with Crippen LogP contribution in [0.5, 0.6) is 11.5 Å². The van der Waals surface area contributed by atoms with E-state index in [1.807, 2.05) is 12.1 Å². The van der Waals surface area contributed by atoms with Crippen molar-refractivity contribution in [1.29, 1.82) is 0 Å². The minimum atomic E-state index is -0.473. The topological polar surface area (TPSA) is 83.7 Å². The Morgan fingerprint density at radius 2 is 2.08 bits per heavy atom. The molecule has 0 aliphatic rings. The molecule has 0 saturated heterocycles. The predicted molar refractivity (Wildman–Crippen MR) is 90.9 cm³/mol. The van der Waals surface area contributed by atoms with E-state index in [9.17, 15) is 4.79 Å². The third-order valence-corrected chi connectivity index (χ3v) is 3.85. The lowest BCUT2D eigenvalue weighted by Gasteiger charge is -2.09. The van der Waals surface area contributed by atoms with E-state index in [0.29, 0.717) is 34.3 Å². The zero-order valence-corrected chi connectivity index (χ0v) is 14.5. The van der Waals surface area contributed by atoms with Gasteiger partial charge in [0.05, 0.1) is 13.7 Å². The van der Waals surface area contributed by atoms with Gasteiger partial charge < -0.3 is 18.6 Å². The third kappa shape index (κ3) is 3.80. The summed E-state index contributed by atoms with van der Waals surface area (Å²) < 4.78 is 25.6. The van der Waals surface area contributed by atoms with Crippen molar-refractivity contribution in [2.75, 3.05) is 13.7 Å². The normalized spacial score (nSPS) is 10.5. The second-order valence-electron chi connectivity index (χ2n) is 4.90.